The summed E-state index contributed by atoms with van der Waals surface area (Å²) in [6.45, 7) is 8.26. The van der Waals surface area contributed by atoms with Crippen LogP contribution in [0.2, 0.25) is 0 Å². The molecule has 0 radical (unpaired) electrons. The molecule has 1 aliphatic rings. The van der Waals surface area contributed by atoms with Gasteiger partial charge in [0.25, 0.3) is 0 Å². The first-order chi connectivity index (χ1) is 15.9. The molecule has 0 unspecified atom stereocenters. The average molecular weight is 453 g/mol. The van der Waals surface area contributed by atoms with Gasteiger partial charge in [0.05, 0.1) is 19.8 Å². The number of carbonyl (C=O) groups excluding carboxylic acids is 1. The van der Waals surface area contributed by atoms with Crippen molar-refractivity contribution in [1.82, 2.24) is 0 Å². The Morgan fingerprint density at radius 2 is 1.30 bits per heavy atom. The zero-order valence-electron chi connectivity index (χ0n) is 20.8. The summed E-state index contributed by atoms with van der Waals surface area (Å²) in [5.41, 5.74) is 6.40. The molecule has 0 spiro atoms. The highest BCUT2D eigenvalue weighted by Crippen LogP contribution is 2.51. The van der Waals surface area contributed by atoms with E-state index in [0.717, 1.165) is 66.5 Å². The standard InChI is InChI=1S/C28H36O5/c1-7-11-16-15-20-21(18(13-9-3)26(16)32-5)25(29)23-17(12-8-2)22(28(30)31)19(14-10-4)27(33-6)24(20)23/h15H,7-14H2,1-6H3,(H,30,31). The van der Waals surface area contributed by atoms with Gasteiger partial charge >= 0.3 is 5.97 Å². The Bertz CT molecular complexity index is 1080. The van der Waals surface area contributed by atoms with E-state index >= 15 is 0 Å². The molecule has 2 aromatic carbocycles. The fraction of sp³-hybridized carbons (Fsp3) is 0.500. The molecule has 0 heterocycles. The van der Waals surface area contributed by atoms with Crippen LogP contribution in [-0.2, 0) is 25.7 Å². The third-order valence-corrected chi connectivity index (χ3v) is 6.48. The van der Waals surface area contributed by atoms with Gasteiger partial charge in [-0.1, -0.05) is 53.4 Å². The van der Waals surface area contributed by atoms with Gasteiger partial charge in [-0.15, -0.1) is 0 Å². The second kappa shape index (κ2) is 10.4. The molecule has 0 saturated carbocycles. The number of fused-ring (bicyclic) bond motifs is 3. The number of rotatable bonds is 11. The van der Waals surface area contributed by atoms with E-state index in [0.29, 0.717) is 40.8 Å². The monoisotopic (exact) mass is 452 g/mol. The van der Waals surface area contributed by atoms with Crippen molar-refractivity contribution in [2.75, 3.05) is 14.2 Å². The van der Waals surface area contributed by atoms with Crippen LogP contribution in [-0.4, -0.2) is 31.1 Å². The average Bonchev–Trinajstić information content (AvgIpc) is 3.07. The van der Waals surface area contributed by atoms with Crippen LogP contribution >= 0.6 is 0 Å². The summed E-state index contributed by atoms with van der Waals surface area (Å²) in [7, 11) is 3.24. The zero-order chi connectivity index (χ0) is 24.3. The zero-order valence-corrected chi connectivity index (χ0v) is 20.8. The highest BCUT2D eigenvalue weighted by Gasteiger charge is 2.39. The maximum Gasteiger partial charge on any atom is 0.336 e. The van der Waals surface area contributed by atoms with Crippen molar-refractivity contribution < 1.29 is 24.2 Å². The number of aryl methyl sites for hydroxylation is 1. The number of aromatic carboxylic acids is 1. The Morgan fingerprint density at radius 3 is 1.82 bits per heavy atom. The first kappa shape index (κ1) is 24.8. The summed E-state index contributed by atoms with van der Waals surface area (Å²) >= 11 is 0. The van der Waals surface area contributed by atoms with E-state index in [1.165, 1.54) is 0 Å². The van der Waals surface area contributed by atoms with Crippen molar-refractivity contribution in [1.29, 1.82) is 0 Å². The lowest BCUT2D eigenvalue weighted by Crippen LogP contribution is -2.15. The minimum Gasteiger partial charge on any atom is -0.496 e. The van der Waals surface area contributed by atoms with Crippen LogP contribution in [0.4, 0.5) is 0 Å². The van der Waals surface area contributed by atoms with Gasteiger partial charge in [0.15, 0.2) is 5.78 Å². The van der Waals surface area contributed by atoms with E-state index in [4.69, 9.17) is 9.47 Å². The van der Waals surface area contributed by atoms with Crippen LogP contribution in [0.25, 0.3) is 11.1 Å². The largest absolute Gasteiger partial charge is 0.496 e. The molecule has 0 atom stereocenters. The van der Waals surface area contributed by atoms with Gasteiger partial charge in [-0.2, -0.15) is 0 Å². The van der Waals surface area contributed by atoms with Gasteiger partial charge < -0.3 is 14.6 Å². The molecule has 178 valence electrons. The number of ether oxygens (including phenoxy) is 2. The van der Waals surface area contributed by atoms with Crippen LogP contribution in [0.3, 0.4) is 0 Å². The quantitative estimate of drug-likeness (QED) is 0.363. The number of hydrogen-bond acceptors (Lipinski definition) is 4. The predicted molar refractivity (Wildman–Crippen MR) is 131 cm³/mol. The lowest BCUT2D eigenvalue weighted by Gasteiger charge is -2.21. The number of ketones is 1. The lowest BCUT2D eigenvalue weighted by molar-refractivity contribution is 0.0694. The third-order valence-electron chi connectivity index (χ3n) is 6.48. The van der Waals surface area contributed by atoms with E-state index in [1.54, 1.807) is 14.2 Å². The molecule has 0 aromatic heterocycles. The normalized spacial score (nSPS) is 12.0. The van der Waals surface area contributed by atoms with E-state index in [9.17, 15) is 14.7 Å². The van der Waals surface area contributed by atoms with Crippen LogP contribution in [0, 0.1) is 0 Å². The van der Waals surface area contributed by atoms with Gasteiger partial charge in [0, 0.05) is 27.8 Å². The molecule has 0 bridgehead atoms. The smallest absolute Gasteiger partial charge is 0.336 e. The molecular weight excluding hydrogens is 416 g/mol. The fourth-order valence-corrected chi connectivity index (χ4v) is 5.38. The maximum atomic E-state index is 14.0. The van der Waals surface area contributed by atoms with Gasteiger partial charge in [-0.25, -0.2) is 4.79 Å². The molecule has 1 N–H and O–H groups in total. The van der Waals surface area contributed by atoms with Gasteiger partial charge in [-0.05, 0) is 48.4 Å². The number of hydrogen-bond donors (Lipinski definition) is 1. The van der Waals surface area contributed by atoms with Crippen LogP contribution in [0.15, 0.2) is 6.07 Å². The Balaban J connectivity index is 2.54. The SMILES string of the molecule is CCCc1cc2c(c(CCC)c1OC)C(=O)c1c(CCC)c(C(=O)O)c(CCC)c(OC)c1-2. The van der Waals surface area contributed by atoms with E-state index < -0.39 is 5.97 Å². The van der Waals surface area contributed by atoms with Crippen molar-refractivity contribution in [2.24, 2.45) is 0 Å². The molecule has 5 heteroatoms. The molecule has 3 rings (SSSR count). The molecule has 2 aromatic rings. The molecule has 1 aliphatic carbocycles. The Labute approximate surface area is 197 Å². The molecule has 0 saturated heterocycles. The third kappa shape index (κ3) is 4.03. The highest BCUT2D eigenvalue weighted by atomic mass is 16.5. The molecule has 33 heavy (non-hydrogen) atoms. The van der Waals surface area contributed by atoms with Crippen molar-refractivity contribution in [3.63, 3.8) is 0 Å². The van der Waals surface area contributed by atoms with Crippen molar-refractivity contribution in [3.8, 4) is 22.6 Å². The summed E-state index contributed by atoms with van der Waals surface area (Å²) in [5, 5.41) is 10.2. The summed E-state index contributed by atoms with van der Waals surface area (Å²) in [6, 6.07) is 2.08. The minimum atomic E-state index is -0.996. The van der Waals surface area contributed by atoms with Crippen LogP contribution < -0.4 is 9.47 Å². The van der Waals surface area contributed by atoms with Crippen LogP contribution in [0.1, 0.15) is 102 Å². The summed E-state index contributed by atoms with van der Waals surface area (Å²) in [6.07, 6.45) is 6.05. The summed E-state index contributed by atoms with van der Waals surface area (Å²) < 4.78 is 11.7. The van der Waals surface area contributed by atoms with Crippen LogP contribution in [0.5, 0.6) is 11.5 Å². The Kier molecular flexibility index (Phi) is 7.83. The van der Waals surface area contributed by atoms with Crippen molar-refractivity contribution in [3.05, 3.63) is 45.0 Å². The van der Waals surface area contributed by atoms with Crippen molar-refractivity contribution >= 4 is 11.8 Å². The maximum absolute atomic E-state index is 14.0. The number of carboxylic acids is 1. The minimum absolute atomic E-state index is 0.0999. The lowest BCUT2D eigenvalue weighted by atomic mass is 9.86. The van der Waals surface area contributed by atoms with E-state index in [-0.39, 0.29) is 11.3 Å². The molecule has 5 nitrogen and oxygen atoms in total. The second-order valence-electron chi connectivity index (χ2n) is 8.72. The molecule has 0 aliphatic heterocycles. The first-order valence-electron chi connectivity index (χ1n) is 12.2. The molecule has 0 amide bonds. The molecule has 0 fully saturated rings. The summed E-state index contributed by atoms with van der Waals surface area (Å²) in [4.78, 5) is 26.5. The number of benzene rings is 2. The highest BCUT2D eigenvalue weighted by molar-refractivity contribution is 6.25. The molecular formula is C28H36O5. The topological polar surface area (TPSA) is 72.8 Å². The second-order valence-corrected chi connectivity index (χ2v) is 8.72. The number of methoxy groups -OCH3 is 2. The van der Waals surface area contributed by atoms with Crippen molar-refractivity contribution in [2.45, 2.75) is 79.1 Å². The van der Waals surface area contributed by atoms with Gasteiger partial charge in [-0.3, -0.25) is 4.79 Å². The van der Waals surface area contributed by atoms with E-state index in [1.807, 2.05) is 13.8 Å². The predicted octanol–water partition coefficient (Wildman–Crippen LogP) is 6.42. The van der Waals surface area contributed by atoms with Gasteiger partial charge in [0.2, 0.25) is 0 Å². The Hall–Kier alpha value is -2.82. The number of carbonyl (C=O) groups is 2. The van der Waals surface area contributed by atoms with E-state index in [2.05, 4.69) is 19.9 Å². The Morgan fingerprint density at radius 1 is 0.758 bits per heavy atom. The van der Waals surface area contributed by atoms with Gasteiger partial charge in [0.1, 0.15) is 11.5 Å². The number of carboxylic acid groups (broad SMARTS) is 1. The first-order valence-corrected chi connectivity index (χ1v) is 12.2. The fourth-order valence-electron chi connectivity index (χ4n) is 5.38. The summed E-state index contributed by atoms with van der Waals surface area (Å²) in [5.74, 6) is 0.231.